The summed E-state index contributed by atoms with van der Waals surface area (Å²) >= 11 is 0. The van der Waals surface area contributed by atoms with Crippen molar-refractivity contribution in [2.24, 2.45) is 0 Å². The van der Waals surface area contributed by atoms with Crippen molar-refractivity contribution in [2.45, 2.75) is 0 Å². The molecule has 45 heavy (non-hydrogen) atoms. The number of hydrogen-bond donors (Lipinski definition) is 0. The predicted octanol–water partition coefficient (Wildman–Crippen LogP) is 12.6. The van der Waals surface area contributed by atoms with Crippen molar-refractivity contribution in [3.8, 4) is 44.5 Å². The van der Waals surface area contributed by atoms with E-state index in [4.69, 9.17) is 11.3 Å². The molecular weight excluding hydrogens is 544 g/mol. The molecule has 0 bridgehead atoms. The van der Waals surface area contributed by atoms with E-state index in [1.54, 1.807) is 0 Å². The molecule has 1 heteroatoms. The van der Waals surface area contributed by atoms with Gasteiger partial charge in [0.15, 0.2) is 0 Å². The van der Waals surface area contributed by atoms with Crippen LogP contribution in [0.5, 0.6) is 0 Å². The zero-order chi connectivity index (χ0) is 34.1. The molecular formula is C44H28O. The van der Waals surface area contributed by atoms with Crippen LogP contribution < -0.4 is 0 Å². The molecule has 210 valence electrons. The second-order valence-corrected chi connectivity index (χ2v) is 11.3. The average Bonchev–Trinajstić information content (AvgIpc) is 3.54. The first-order chi connectivity index (χ1) is 24.4. The minimum atomic E-state index is -0.394. The van der Waals surface area contributed by atoms with E-state index in [0.29, 0.717) is 5.56 Å². The van der Waals surface area contributed by atoms with Gasteiger partial charge in [0.25, 0.3) is 0 Å². The number of furan rings is 1. The fraction of sp³-hybridized carbons (Fsp3) is 0. The first kappa shape index (κ1) is 20.9. The van der Waals surface area contributed by atoms with Crippen LogP contribution in [-0.4, -0.2) is 0 Å². The van der Waals surface area contributed by atoms with Gasteiger partial charge in [0, 0.05) is 10.8 Å². The van der Waals surface area contributed by atoms with Crippen molar-refractivity contribution < 1.29 is 11.3 Å². The first-order valence-electron chi connectivity index (χ1n) is 17.5. The van der Waals surface area contributed by atoms with Gasteiger partial charge in [-0.3, -0.25) is 0 Å². The highest BCUT2D eigenvalue weighted by Gasteiger charge is 2.18. The molecule has 9 rings (SSSR count). The van der Waals surface area contributed by atoms with Gasteiger partial charge in [-0.2, -0.15) is 0 Å². The van der Waals surface area contributed by atoms with Crippen LogP contribution in [-0.2, 0) is 0 Å². The molecule has 0 atom stereocenters. The van der Waals surface area contributed by atoms with Crippen LogP contribution in [0.15, 0.2) is 174 Å². The van der Waals surface area contributed by atoms with Crippen molar-refractivity contribution in [3.05, 3.63) is 170 Å². The zero-order valence-corrected chi connectivity index (χ0v) is 24.2. The van der Waals surface area contributed by atoms with Gasteiger partial charge in [-0.25, -0.2) is 0 Å². The van der Waals surface area contributed by atoms with Crippen LogP contribution >= 0.6 is 0 Å². The summed E-state index contributed by atoms with van der Waals surface area (Å²) in [7, 11) is 0. The maximum absolute atomic E-state index is 8.46. The standard InChI is InChI=1S/C44H28O/c1-3-12-29(13-4-1)30-22-24-32(25-23-30)42-35-16-7-9-18-37(35)43(38-19-10-8-17-36(38)42)33-26-27-39-41(28-33)45-40-21-11-20-34(44(39)40)31-14-5-2-6-15-31/h1-28H/i1D,3D,4D,12D,13D. The van der Waals surface area contributed by atoms with E-state index in [2.05, 4.69) is 97.1 Å². The molecule has 1 nitrogen and oxygen atoms in total. The quantitative estimate of drug-likeness (QED) is 0.190. The van der Waals surface area contributed by atoms with Crippen molar-refractivity contribution in [1.82, 2.24) is 0 Å². The minimum Gasteiger partial charge on any atom is -0.456 e. The fourth-order valence-electron chi connectivity index (χ4n) is 6.79. The summed E-state index contributed by atoms with van der Waals surface area (Å²) in [4.78, 5) is 0. The molecule has 0 fully saturated rings. The topological polar surface area (TPSA) is 13.1 Å². The Morgan fingerprint density at radius 2 is 0.956 bits per heavy atom. The molecule has 0 aliphatic rings. The maximum atomic E-state index is 8.46. The van der Waals surface area contributed by atoms with Gasteiger partial charge in [-0.05, 0) is 84.3 Å². The van der Waals surface area contributed by atoms with Crippen LogP contribution in [0.1, 0.15) is 6.85 Å². The fourth-order valence-corrected chi connectivity index (χ4v) is 6.79. The second kappa shape index (κ2) is 10.4. The number of rotatable bonds is 4. The third-order valence-corrected chi connectivity index (χ3v) is 8.76. The normalized spacial score (nSPS) is 13.1. The SMILES string of the molecule is [2H]c1c([2H])c([2H])c(-c2ccc(-c3c4ccccc4c(-c4ccc5c(c4)oc4cccc(-c6ccccc6)c45)c4ccccc34)cc2)c([2H])c1[2H]. The summed E-state index contributed by atoms with van der Waals surface area (Å²) in [5.41, 5.74) is 9.00. The Kier molecular flexibility index (Phi) is 4.81. The molecule has 1 heterocycles. The molecule has 0 radical (unpaired) electrons. The smallest absolute Gasteiger partial charge is 0.136 e. The molecule has 0 saturated heterocycles. The zero-order valence-electron chi connectivity index (χ0n) is 29.2. The van der Waals surface area contributed by atoms with Crippen molar-refractivity contribution in [3.63, 3.8) is 0 Å². The lowest BCUT2D eigenvalue weighted by molar-refractivity contribution is 0.669. The Labute approximate surface area is 268 Å². The van der Waals surface area contributed by atoms with Crippen LogP contribution in [0.3, 0.4) is 0 Å². The van der Waals surface area contributed by atoms with E-state index in [-0.39, 0.29) is 29.7 Å². The van der Waals surface area contributed by atoms with Gasteiger partial charge >= 0.3 is 0 Å². The second-order valence-electron chi connectivity index (χ2n) is 11.3. The van der Waals surface area contributed by atoms with E-state index >= 15 is 0 Å². The van der Waals surface area contributed by atoms with Gasteiger partial charge in [0.1, 0.15) is 11.2 Å². The molecule has 0 amide bonds. The maximum Gasteiger partial charge on any atom is 0.136 e. The molecule has 0 N–H and O–H groups in total. The highest BCUT2D eigenvalue weighted by molar-refractivity contribution is 6.22. The summed E-state index contributed by atoms with van der Waals surface area (Å²) in [6.07, 6.45) is 0. The van der Waals surface area contributed by atoms with E-state index in [9.17, 15) is 0 Å². The Morgan fingerprint density at radius 1 is 0.378 bits per heavy atom. The largest absolute Gasteiger partial charge is 0.456 e. The van der Waals surface area contributed by atoms with Gasteiger partial charge in [0.2, 0.25) is 0 Å². The molecule has 9 aromatic rings. The molecule has 0 saturated carbocycles. The summed E-state index contributed by atoms with van der Waals surface area (Å²) in [5.74, 6) is 0. The van der Waals surface area contributed by atoms with Crippen molar-refractivity contribution in [1.29, 1.82) is 0 Å². The molecule has 0 aliphatic carbocycles. The van der Waals surface area contributed by atoms with Crippen molar-refractivity contribution in [2.75, 3.05) is 0 Å². The molecule has 0 unspecified atom stereocenters. The number of hydrogen-bond acceptors (Lipinski definition) is 1. The number of fused-ring (bicyclic) bond motifs is 5. The van der Waals surface area contributed by atoms with E-state index in [1.165, 1.54) is 0 Å². The Morgan fingerprint density at radius 3 is 1.62 bits per heavy atom. The monoisotopic (exact) mass is 577 g/mol. The van der Waals surface area contributed by atoms with Crippen LogP contribution in [0.25, 0.3) is 88.0 Å². The summed E-state index contributed by atoms with van der Waals surface area (Å²) < 4.78 is 47.7. The Hall–Kier alpha value is -5.92. The van der Waals surface area contributed by atoms with Gasteiger partial charge < -0.3 is 4.42 Å². The highest BCUT2D eigenvalue weighted by Crippen LogP contribution is 2.45. The molecule has 1 aromatic heterocycles. The summed E-state index contributed by atoms with van der Waals surface area (Å²) in [6.45, 7) is 0. The van der Waals surface area contributed by atoms with Gasteiger partial charge in [0.05, 0.1) is 6.85 Å². The molecule has 0 aliphatic heterocycles. The minimum absolute atomic E-state index is 0.199. The van der Waals surface area contributed by atoms with Gasteiger partial charge in [-0.15, -0.1) is 0 Å². The van der Waals surface area contributed by atoms with E-state index in [0.717, 1.165) is 76.9 Å². The molecule has 8 aromatic carbocycles. The van der Waals surface area contributed by atoms with E-state index in [1.807, 2.05) is 42.5 Å². The van der Waals surface area contributed by atoms with Crippen molar-refractivity contribution >= 4 is 43.5 Å². The van der Waals surface area contributed by atoms with Crippen LogP contribution in [0.2, 0.25) is 0 Å². The van der Waals surface area contributed by atoms with Gasteiger partial charge in [-0.1, -0.05) is 152 Å². The van der Waals surface area contributed by atoms with E-state index < -0.39 is 6.04 Å². The average molecular weight is 578 g/mol. The lowest BCUT2D eigenvalue weighted by Crippen LogP contribution is -1.91. The highest BCUT2D eigenvalue weighted by atomic mass is 16.3. The number of benzene rings is 8. The lowest BCUT2D eigenvalue weighted by atomic mass is 9.85. The predicted molar refractivity (Wildman–Crippen MR) is 190 cm³/mol. The third kappa shape index (κ3) is 4.17. The molecule has 0 spiro atoms. The summed E-state index contributed by atoms with van der Waals surface area (Å²) in [6, 6.07) is 46.2. The Bertz CT molecular complexity index is 2720. The third-order valence-electron chi connectivity index (χ3n) is 8.76. The van der Waals surface area contributed by atoms with Crippen LogP contribution in [0, 0.1) is 0 Å². The van der Waals surface area contributed by atoms with Crippen LogP contribution in [0.4, 0.5) is 0 Å². The first-order valence-corrected chi connectivity index (χ1v) is 15.0. The lowest BCUT2D eigenvalue weighted by Gasteiger charge is -2.18. The summed E-state index contributed by atoms with van der Waals surface area (Å²) in [5, 5.41) is 6.58. The Balaban J connectivity index is 1.24.